The van der Waals surface area contributed by atoms with Crippen LogP contribution in [-0.2, 0) is 9.47 Å². The quantitative estimate of drug-likeness (QED) is 0.568. The molecule has 3 unspecified atom stereocenters. The van der Waals surface area contributed by atoms with Crippen LogP contribution in [0.4, 0.5) is 0 Å². The second-order valence-corrected chi connectivity index (χ2v) is 4.14. The van der Waals surface area contributed by atoms with Crippen LogP contribution in [0.15, 0.2) is 0 Å². The Morgan fingerprint density at radius 1 is 1.17 bits per heavy atom. The highest BCUT2D eigenvalue weighted by Crippen LogP contribution is 2.44. The molecule has 5 atom stereocenters. The largest absolute Gasteiger partial charge is 0.391 e. The summed E-state index contributed by atoms with van der Waals surface area (Å²) in [4.78, 5) is 0. The first-order valence-corrected chi connectivity index (χ1v) is 4.80. The van der Waals surface area contributed by atoms with Gasteiger partial charge in [-0.3, -0.25) is 0 Å². The Hall–Kier alpha value is -0.120. The van der Waals surface area contributed by atoms with Gasteiger partial charge in [-0.05, 0) is 19.3 Å². The van der Waals surface area contributed by atoms with Gasteiger partial charge in [0.25, 0.3) is 0 Å². The third kappa shape index (κ3) is 0.873. The summed E-state index contributed by atoms with van der Waals surface area (Å²) >= 11 is 0. The van der Waals surface area contributed by atoms with E-state index in [0.717, 1.165) is 12.8 Å². The topological polar surface area (TPSA) is 38.7 Å². The van der Waals surface area contributed by atoms with Crippen molar-refractivity contribution in [2.45, 2.75) is 43.7 Å². The van der Waals surface area contributed by atoms with Gasteiger partial charge in [0.2, 0.25) is 0 Å². The van der Waals surface area contributed by atoms with Crippen molar-refractivity contribution in [3.05, 3.63) is 0 Å². The maximum atomic E-state index is 9.40. The number of aliphatic hydroxyl groups is 1. The minimum absolute atomic E-state index is 0.255. The molecule has 0 aliphatic carbocycles. The average Bonchev–Trinajstić information content (AvgIpc) is 2.63. The Kier molecular flexibility index (Phi) is 1.48. The van der Waals surface area contributed by atoms with Crippen molar-refractivity contribution in [2.24, 2.45) is 5.92 Å². The maximum Gasteiger partial charge on any atom is 0.0891 e. The van der Waals surface area contributed by atoms with Crippen LogP contribution in [0.25, 0.3) is 0 Å². The molecule has 0 amide bonds. The zero-order chi connectivity index (χ0) is 8.13. The number of fused-ring (bicyclic) bond motifs is 5. The Balaban J connectivity index is 1.81. The zero-order valence-corrected chi connectivity index (χ0v) is 6.98. The summed E-state index contributed by atoms with van der Waals surface area (Å²) in [5, 5.41) is 9.40. The molecule has 3 heteroatoms. The van der Waals surface area contributed by atoms with Gasteiger partial charge in [-0.1, -0.05) is 0 Å². The number of hydrogen-bond acceptors (Lipinski definition) is 3. The maximum absolute atomic E-state index is 9.40. The van der Waals surface area contributed by atoms with E-state index in [1.807, 2.05) is 0 Å². The van der Waals surface area contributed by atoms with E-state index in [2.05, 4.69) is 0 Å². The second kappa shape index (κ2) is 2.44. The molecule has 3 rings (SSSR count). The van der Waals surface area contributed by atoms with Gasteiger partial charge in [-0.25, -0.2) is 0 Å². The SMILES string of the molecule is OC1CO[C@@H]2C3CCC(O3)[C@H]2C1. The lowest BCUT2D eigenvalue weighted by Gasteiger charge is -2.34. The molecule has 3 nitrogen and oxygen atoms in total. The summed E-state index contributed by atoms with van der Waals surface area (Å²) in [6.45, 7) is 0.508. The normalized spacial score (nSPS) is 57.2. The van der Waals surface area contributed by atoms with Crippen molar-refractivity contribution >= 4 is 0 Å². The highest BCUT2D eigenvalue weighted by atomic mass is 16.6. The number of aliphatic hydroxyl groups excluding tert-OH is 1. The molecule has 3 saturated heterocycles. The lowest BCUT2D eigenvalue weighted by molar-refractivity contribution is -0.0945. The van der Waals surface area contributed by atoms with Crippen molar-refractivity contribution < 1.29 is 14.6 Å². The smallest absolute Gasteiger partial charge is 0.0891 e. The van der Waals surface area contributed by atoms with Crippen molar-refractivity contribution in [2.75, 3.05) is 6.61 Å². The molecule has 0 radical (unpaired) electrons. The first-order chi connectivity index (χ1) is 5.84. The van der Waals surface area contributed by atoms with Crippen LogP contribution in [0.2, 0.25) is 0 Å². The van der Waals surface area contributed by atoms with Gasteiger partial charge in [-0.2, -0.15) is 0 Å². The standard InChI is InChI=1S/C9H14O3/c10-5-3-6-7-1-2-8(12-7)9(6)11-4-5/h5-10H,1-4H2/t5?,6-,7?,8?,9+/m1/s1. The Morgan fingerprint density at radius 2 is 2.00 bits per heavy atom. The van der Waals surface area contributed by atoms with Crippen molar-refractivity contribution in [1.82, 2.24) is 0 Å². The minimum Gasteiger partial charge on any atom is -0.391 e. The van der Waals surface area contributed by atoms with E-state index in [4.69, 9.17) is 9.47 Å². The van der Waals surface area contributed by atoms with Crippen LogP contribution in [0.3, 0.4) is 0 Å². The van der Waals surface area contributed by atoms with E-state index in [0.29, 0.717) is 30.8 Å². The van der Waals surface area contributed by atoms with Crippen LogP contribution in [0.1, 0.15) is 19.3 Å². The van der Waals surface area contributed by atoms with E-state index in [9.17, 15) is 5.11 Å². The van der Waals surface area contributed by atoms with Gasteiger partial charge < -0.3 is 14.6 Å². The molecule has 3 heterocycles. The van der Waals surface area contributed by atoms with Crippen LogP contribution >= 0.6 is 0 Å². The highest BCUT2D eigenvalue weighted by Gasteiger charge is 2.51. The minimum atomic E-state index is -0.255. The first-order valence-electron chi connectivity index (χ1n) is 4.80. The van der Waals surface area contributed by atoms with Crippen molar-refractivity contribution in [3.8, 4) is 0 Å². The van der Waals surface area contributed by atoms with Crippen LogP contribution in [0, 0.1) is 5.92 Å². The molecular weight excluding hydrogens is 156 g/mol. The molecule has 0 aromatic rings. The fraction of sp³-hybridized carbons (Fsp3) is 1.00. The van der Waals surface area contributed by atoms with Gasteiger partial charge >= 0.3 is 0 Å². The van der Waals surface area contributed by atoms with Gasteiger partial charge in [0.1, 0.15) is 0 Å². The second-order valence-electron chi connectivity index (χ2n) is 4.14. The number of ether oxygens (including phenoxy) is 2. The Bertz CT molecular complexity index is 194. The molecule has 2 bridgehead atoms. The van der Waals surface area contributed by atoms with E-state index in [1.54, 1.807) is 0 Å². The molecule has 3 fully saturated rings. The summed E-state index contributed by atoms with van der Waals surface area (Å²) in [7, 11) is 0. The fourth-order valence-corrected chi connectivity index (χ4v) is 2.85. The van der Waals surface area contributed by atoms with Gasteiger partial charge in [0.05, 0.1) is 31.0 Å². The van der Waals surface area contributed by atoms with Crippen molar-refractivity contribution in [1.29, 1.82) is 0 Å². The average molecular weight is 170 g/mol. The lowest BCUT2D eigenvalue weighted by atomic mass is 9.81. The zero-order valence-electron chi connectivity index (χ0n) is 6.98. The first kappa shape index (κ1) is 7.30. The molecule has 3 aliphatic rings. The fourth-order valence-electron chi connectivity index (χ4n) is 2.85. The summed E-state index contributed by atoms with van der Waals surface area (Å²) in [6.07, 6.45) is 3.97. The molecule has 0 spiro atoms. The predicted octanol–water partition coefficient (Wildman–Crippen LogP) is 0.314. The predicted molar refractivity (Wildman–Crippen MR) is 41.7 cm³/mol. The lowest BCUT2D eigenvalue weighted by Crippen LogP contribution is -2.43. The van der Waals surface area contributed by atoms with E-state index >= 15 is 0 Å². The third-order valence-corrected chi connectivity index (χ3v) is 3.38. The molecule has 12 heavy (non-hydrogen) atoms. The van der Waals surface area contributed by atoms with Crippen LogP contribution in [0.5, 0.6) is 0 Å². The van der Waals surface area contributed by atoms with Crippen molar-refractivity contribution in [3.63, 3.8) is 0 Å². The Morgan fingerprint density at radius 3 is 2.92 bits per heavy atom. The number of rotatable bonds is 0. The van der Waals surface area contributed by atoms with Gasteiger partial charge in [-0.15, -0.1) is 0 Å². The molecular formula is C9H14O3. The molecule has 0 aromatic heterocycles. The molecule has 3 aliphatic heterocycles. The Labute approximate surface area is 71.7 Å². The summed E-state index contributed by atoms with van der Waals surface area (Å²) < 4.78 is 11.3. The summed E-state index contributed by atoms with van der Waals surface area (Å²) in [5.41, 5.74) is 0. The number of hydrogen-bond donors (Lipinski definition) is 1. The summed E-state index contributed by atoms with van der Waals surface area (Å²) in [5.74, 6) is 0.479. The molecule has 1 N–H and O–H groups in total. The van der Waals surface area contributed by atoms with Crippen LogP contribution in [-0.4, -0.2) is 36.1 Å². The van der Waals surface area contributed by atoms with Crippen LogP contribution < -0.4 is 0 Å². The highest BCUT2D eigenvalue weighted by molar-refractivity contribution is 5.00. The molecule has 68 valence electrons. The van der Waals surface area contributed by atoms with Gasteiger partial charge in [0, 0.05) is 5.92 Å². The van der Waals surface area contributed by atoms with Gasteiger partial charge in [0.15, 0.2) is 0 Å². The molecule has 0 aromatic carbocycles. The molecule has 0 saturated carbocycles. The third-order valence-electron chi connectivity index (χ3n) is 3.38. The van der Waals surface area contributed by atoms with E-state index in [1.165, 1.54) is 6.42 Å². The monoisotopic (exact) mass is 170 g/mol. The van der Waals surface area contributed by atoms with E-state index in [-0.39, 0.29) is 6.10 Å². The van der Waals surface area contributed by atoms with E-state index < -0.39 is 0 Å². The summed E-state index contributed by atoms with van der Waals surface area (Å²) in [6, 6.07) is 0.